The van der Waals surface area contributed by atoms with Crippen LogP contribution in [0, 0.1) is 6.92 Å². The molecule has 0 aliphatic carbocycles. The maximum Gasteiger partial charge on any atom is 0.193 e. The van der Waals surface area contributed by atoms with Gasteiger partial charge in [-0.3, -0.25) is 4.79 Å². The van der Waals surface area contributed by atoms with E-state index in [1.807, 2.05) is 85.8 Å². The molecule has 0 aliphatic heterocycles. The molecule has 3 rings (SSSR count). The number of benzene rings is 3. The minimum absolute atomic E-state index is 0.0677. The van der Waals surface area contributed by atoms with Crippen molar-refractivity contribution in [3.05, 3.63) is 95.6 Å². The molecule has 3 aromatic rings. The third-order valence-corrected chi connectivity index (χ3v) is 3.62. The van der Waals surface area contributed by atoms with Crippen LogP contribution in [-0.4, -0.2) is 5.78 Å². The maximum atomic E-state index is 12.8. The topological polar surface area (TPSA) is 17.1 Å². The van der Waals surface area contributed by atoms with E-state index in [4.69, 9.17) is 0 Å². The Bertz CT molecular complexity index is 758. The first-order valence-electron chi connectivity index (χ1n) is 7.02. The van der Waals surface area contributed by atoms with E-state index < -0.39 is 0 Å². The normalized spacial score (nSPS) is 10.3. The molecule has 0 saturated heterocycles. The van der Waals surface area contributed by atoms with E-state index in [1.54, 1.807) is 0 Å². The summed E-state index contributed by atoms with van der Waals surface area (Å²) >= 11 is 0. The molecule has 0 saturated carbocycles. The van der Waals surface area contributed by atoms with Crippen LogP contribution in [0.1, 0.15) is 21.5 Å². The number of hydrogen-bond donors (Lipinski definition) is 0. The van der Waals surface area contributed by atoms with Crippen molar-refractivity contribution in [2.75, 3.05) is 0 Å². The SMILES string of the molecule is Cc1cccc(C(=O)c2ccccc2)c1-c1ccccc1. The zero-order chi connectivity index (χ0) is 14.7. The van der Waals surface area contributed by atoms with Gasteiger partial charge < -0.3 is 0 Å². The van der Waals surface area contributed by atoms with Crippen molar-refractivity contribution < 1.29 is 4.79 Å². The molecule has 0 bridgehead atoms. The van der Waals surface area contributed by atoms with Crippen molar-refractivity contribution >= 4 is 5.78 Å². The lowest BCUT2D eigenvalue weighted by molar-refractivity contribution is 0.103. The largest absolute Gasteiger partial charge is 0.289 e. The van der Waals surface area contributed by atoms with Gasteiger partial charge in [-0.05, 0) is 23.6 Å². The lowest BCUT2D eigenvalue weighted by atomic mass is 9.91. The van der Waals surface area contributed by atoms with Crippen LogP contribution in [0.15, 0.2) is 78.9 Å². The Morgan fingerprint density at radius 2 is 1.33 bits per heavy atom. The number of aryl methyl sites for hydroxylation is 1. The van der Waals surface area contributed by atoms with Crippen LogP contribution in [0.25, 0.3) is 11.1 Å². The molecule has 0 aromatic heterocycles. The van der Waals surface area contributed by atoms with E-state index in [0.717, 1.165) is 27.8 Å². The van der Waals surface area contributed by atoms with Gasteiger partial charge >= 0.3 is 0 Å². The summed E-state index contributed by atoms with van der Waals surface area (Å²) in [6.07, 6.45) is 0. The first kappa shape index (κ1) is 13.3. The average Bonchev–Trinajstić information content (AvgIpc) is 2.55. The zero-order valence-corrected chi connectivity index (χ0v) is 11.9. The summed E-state index contributed by atoms with van der Waals surface area (Å²) in [7, 11) is 0. The third-order valence-electron chi connectivity index (χ3n) is 3.62. The van der Waals surface area contributed by atoms with E-state index in [1.165, 1.54) is 0 Å². The van der Waals surface area contributed by atoms with Gasteiger partial charge in [0.15, 0.2) is 5.78 Å². The molecule has 0 unspecified atom stereocenters. The molecule has 102 valence electrons. The Labute approximate surface area is 124 Å². The van der Waals surface area contributed by atoms with Gasteiger partial charge in [0.1, 0.15) is 0 Å². The molecule has 0 radical (unpaired) electrons. The summed E-state index contributed by atoms with van der Waals surface area (Å²) in [5.74, 6) is 0.0677. The molecule has 0 fully saturated rings. The van der Waals surface area contributed by atoms with Crippen molar-refractivity contribution in [3.63, 3.8) is 0 Å². The van der Waals surface area contributed by atoms with E-state index >= 15 is 0 Å². The molecule has 0 atom stereocenters. The second kappa shape index (κ2) is 5.76. The van der Waals surface area contributed by atoms with Crippen molar-refractivity contribution in [1.82, 2.24) is 0 Å². The monoisotopic (exact) mass is 272 g/mol. The van der Waals surface area contributed by atoms with Crippen LogP contribution in [0.3, 0.4) is 0 Å². The Kier molecular flexibility index (Phi) is 3.65. The fourth-order valence-electron chi connectivity index (χ4n) is 2.59. The van der Waals surface area contributed by atoms with Crippen molar-refractivity contribution in [2.24, 2.45) is 0 Å². The molecule has 0 amide bonds. The summed E-state index contributed by atoms with van der Waals surface area (Å²) < 4.78 is 0. The average molecular weight is 272 g/mol. The first-order valence-corrected chi connectivity index (χ1v) is 7.02. The number of rotatable bonds is 3. The van der Waals surface area contributed by atoms with E-state index in [9.17, 15) is 4.79 Å². The summed E-state index contributed by atoms with van der Waals surface area (Å²) in [5, 5.41) is 0. The van der Waals surface area contributed by atoms with Gasteiger partial charge in [0.2, 0.25) is 0 Å². The van der Waals surface area contributed by atoms with Crippen molar-refractivity contribution in [3.8, 4) is 11.1 Å². The molecule has 0 heterocycles. The molecule has 0 aliphatic rings. The molecule has 0 spiro atoms. The standard InChI is InChI=1S/C20H16O/c1-15-9-8-14-18(19(15)16-10-4-2-5-11-16)20(21)17-12-6-3-7-13-17/h2-14H,1H3. The summed E-state index contributed by atoms with van der Waals surface area (Å²) in [6, 6.07) is 25.4. The van der Waals surface area contributed by atoms with Gasteiger partial charge in [-0.2, -0.15) is 0 Å². The molecule has 21 heavy (non-hydrogen) atoms. The summed E-state index contributed by atoms with van der Waals surface area (Å²) in [5.41, 5.74) is 4.69. The molecule has 3 aromatic carbocycles. The van der Waals surface area contributed by atoms with Gasteiger partial charge in [0.05, 0.1) is 0 Å². The predicted octanol–water partition coefficient (Wildman–Crippen LogP) is 4.89. The molecular formula is C20H16O. The predicted molar refractivity (Wildman–Crippen MR) is 86.5 cm³/mol. The van der Waals surface area contributed by atoms with E-state index in [2.05, 4.69) is 0 Å². The highest BCUT2D eigenvalue weighted by molar-refractivity contribution is 6.13. The van der Waals surface area contributed by atoms with Crippen molar-refractivity contribution in [1.29, 1.82) is 0 Å². The van der Waals surface area contributed by atoms with E-state index in [0.29, 0.717) is 0 Å². The maximum absolute atomic E-state index is 12.8. The lowest BCUT2D eigenvalue weighted by Crippen LogP contribution is -2.04. The number of ketones is 1. The van der Waals surface area contributed by atoms with Crippen LogP contribution in [0.4, 0.5) is 0 Å². The minimum Gasteiger partial charge on any atom is -0.289 e. The van der Waals surface area contributed by atoms with Crippen LogP contribution in [-0.2, 0) is 0 Å². The van der Waals surface area contributed by atoms with Crippen LogP contribution in [0.5, 0.6) is 0 Å². The van der Waals surface area contributed by atoms with Gasteiger partial charge in [-0.25, -0.2) is 0 Å². The highest BCUT2D eigenvalue weighted by atomic mass is 16.1. The summed E-state index contributed by atoms with van der Waals surface area (Å²) in [4.78, 5) is 12.8. The highest BCUT2D eigenvalue weighted by Gasteiger charge is 2.15. The van der Waals surface area contributed by atoms with E-state index in [-0.39, 0.29) is 5.78 Å². The number of carbonyl (C=O) groups excluding carboxylic acids is 1. The smallest absolute Gasteiger partial charge is 0.193 e. The van der Waals surface area contributed by atoms with Crippen LogP contribution >= 0.6 is 0 Å². The third kappa shape index (κ3) is 2.63. The van der Waals surface area contributed by atoms with Crippen LogP contribution in [0.2, 0.25) is 0 Å². The van der Waals surface area contributed by atoms with Gasteiger partial charge in [0, 0.05) is 11.1 Å². The molecular weight excluding hydrogens is 256 g/mol. The quantitative estimate of drug-likeness (QED) is 0.620. The Morgan fingerprint density at radius 3 is 2.00 bits per heavy atom. The second-order valence-electron chi connectivity index (χ2n) is 5.06. The fourth-order valence-corrected chi connectivity index (χ4v) is 2.59. The highest BCUT2D eigenvalue weighted by Crippen LogP contribution is 2.29. The molecule has 1 nitrogen and oxygen atoms in total. The van der Waals surface area contributed by atoms with Gasteiger partial charge in [-0.1, -0.05) is 78.9 Å². The second-order valence-corrected chi connectivity index (χ2v) is 5.06. The number of carbonyl (C=O) groups is 1. The Hall–Kier alpha value is -2.67. The fraction of sp³-hybridized carbons (Fsp3) is 0.0500. The molecule has 0 N–H and O–H groups in total. The lowest BCUT2D eigenvalue weighted by Gasteiger charge is -2.12. The van der Waals surface area contributed by atoms with Crippen LogP contribution < -0.4 is 0 Å². The summed E-state index contributed by atoms with van der Waals surface area (Å²) in [6.45, 7) is 2.05. The molecule has 1 heteroatoms. The zero-order valence-electron chi connectivity index (χ0n) is 11.9. The van der Waals surface area contributed by atoms with Gasteiger partial charge in [0.25, 0.3) is 0 Å². The van der Waals surface area contributed by atoms with Crippen molar-refractivity contribution in [2.45, 2.75) is 6.92 Å². The minimum atomic E-state index is 0.0677. The Morgan fingerprint density at radius 1 is 0.714 bits per heavy atom. The first-order chi connectivity index (χ1) is 10.3. The number of hydrogen-bond acceptors (Lipinski definition) is 1. The van der Waals surface area contributed by atoms with Gasteiger partial charge in [-0.15, -0.1) is 0 Å². The Balaban J connectivity index is 2.16.